The second-order valence-corrected chi connectivity index (χ2v) is 9.63. The summed E-state index contributed by atoms with van der Waals surface area (Å²) < 4.78 is 32.4. The fraction of sp³-hybridized carbons (Fsp3) is 0.560. The Hall–Kier alpha value is -2.81. The molecule has 2 atom stereocenters. The van der Waals surface area contributed by atoms with Crippen LogP contribution in [0, 0.1) is 17.6 Å². The zero-order valence-electron chi connectivity index (χ0n) is 19.7. The Morgan fingerprint density at radius 1 is 1.12 bits per heavy atom. The fourth-order valence-electron chi connectivity index (χ4n) is 5.03. The molecule has 9 heteroatoms. The Kier molecular flexibility index (Phi) is 7.60. The summed E-state index contributed by atoms with van der Waals surface area (Å²) in [6.07, 6.45) is 6.65. The van der Waals surface area contributed by atoms with Crippen LogP contribution in [0.5, 0.6) is 0 Å². The quantitative estimate of drug-likeness (QED) is 0.663. The second-order valence-electron chi connectivity index (χ2n) is 9.63. The summed E-state index contributed by atoms with van der Waals surface area (Å²) in [5.41, 5.74) is -0.000573. The molecule has 2 aromatic rings. The van der Waals surface area contributed by atoms with Gasteiger partial charge in [-0.05, 0) is 45.2 Å². The van der Waals surface area contributed by atoms with Crippen LogP contribution in [0.3, 0.4) is 0 Å². The molecule has 0 bridgehead atoms. The number of benzene rings is 1. The molecule has 2 N–H and O–H groups in total. The number of piperidine rings is 1. The molecule has 2 heterocycles. The van der Waals surface area contributed by atoms with Crippen LogP contribution >= 0.6 is 0 Å². The van der Waals surface area contributed by atoms with Crippen LogP contribution in [0.1, 0.15) is 62.9 Å². The van der Waals surface area contributed by atoms with E-state index < -0.39 is 17.5 Å². The predicted molar refractivity (Wildman–Crippen MR) is 123 cm³/mol. The van der Waals surface area contributed by atoms with Crippen molar-refractivity contribution in [1.82, 2.24) is 20.7 Å². The van der Waals surface area contributed by atoms with Gasteiger partial charge in [-0.15, -0.1) is 0 Å². The average molecular weight is 475 g/mol. The van der Waals surface area contributed by atoms with Gasteiger partial charge in [0.25, 0.3) is 5.91 Å². The van der Waals surface area contributed by atoms with Gasteiger partial charge in [0.1, 0.15) is 11.6 Å². The first-order chi connectivity index (χ1) is 16.3. The topological polar surface area (TPSA) is 87.5 Å². The molecular formula is C25H32F2N4O3. The van der Waals surface area contributed by atoms with Crippen molar-refractivity contribution in [3.63, 3.8) is 0 Å². The molecule has 2 fully saturated rings. The summed E-state index contributed by atoms with van der Waals surface area (Å²) in [6, 6.07) is 4.55. The first-order valence-electron chi connectivity index (χ1n) is 12.1. The maximum absolute atomic E-state index is 14.1. The SMILES string of the molecule is CC(C)NC(=O)C1CN(C2CCCCC2)CCC1NC(=O)c1cc(-c2ccc(F)cc2F)on1. The molecule has 0 spiro atoms. The molecule has 1 aliphatic heterocycles. The molecular weight excluding hydrogens is 442 g/mol. The van der Waals surface area contributed by atoms with E-state index in [2.05, 4.69) is 20.7 Å². The van der Waals surface area contributed by atoms with Crippen LogP contribution in [0.25, 0.3) is 11.3 Å². The maximum Gasteiger partial charge on any atom is 0.273 e. The first kappa shape index (κ1) is 24.3. The number of halogens is 2. The lowest BCUT2D eigenvalue weighted by Crippen LogP contribution is -2.58. The van der Waals surface area contributed by atoms with Gasteiger partial charge in [0, 0.05) is 43.3 Å². The highest BCUT2D eigenvalue weighted by molar-refractivity contribution is 5.94. The molecule has 0 radical (unpaired) electrons. The number of nitrogens with one attached hydrogen (secondary N) is 2. The molecule has 1 saturated carbocycles. The first-order valence-corrected chi connectivity index (χ1v) is 12.1. The smallest absolute Gasteiger partial charge is 0.273 e. The van der Waals surface area contributed by atoms with Crippen LogP contribution in [0.2, 0.25) is 0 Å². The van der Waals surface area contributed by atoms with Crippen molar-refractivity contribution in [3.05, 3.63) is 41.6 Å². The molecule has 1 aromatic carbocycles. The molecule has 2 unspecified atom stereocenters. The lowest BCUT2D eigenvalue weighted by Gasteiger charge is -2.43. The van der Waals surface area contributed by atoms with Gasteiger partial charge in [-0.25, -0.2) is 8.78 Å². The van der Waals surface area contributed by atoms with Crippen molar-refractivity contribution in [3.8, 4) is 11.3 Å². The number of likely N-dealkylation sites (tertiary alicyclic amines) is 1. The van der Waals surface area contributed by atoms with Crippen LogP contribution in [-0.2, 0) is 4.79 Å². The van der Waals surface area contributed by atoms with E-state index in [4.69, 9.17) is 4.52 Å². The predicted octanol–water partition coefficient (Wildman–Crippen LogP) is 3.90. The van der Waals surface area contributed by atoms with Gasteiger partial charge in [0.15, 0.2) is 11.5 Å². The number of nitrogens with zero attached hydrogens (tertiary/aromatic N) is 2. The highest BCUT2D eigenvalue weighted by Gasteiger charge is 2.38. The summed E-state index contributed by atoms with van der Waals surface area (Å²) >= 11 is 0. The Bertz CT molecular complexity index is 1020. The molecule has 4 rings (SSSR count). The molecule has 1 saturated heterocycles. The number of hydrogen-bond donors (Lipinski definition) is 2. The van der Waals surface area contributed by atoms with E-state index in [-0.39, 0.29) is 40.9 Å². The molecule has 1 aliphatic carbocycles. The highest BCUT2D eigenvalue weighted by Crippen LogP contribution is 2.28. The monoisotopic (exact) mass is 474 g/mol. The normalized spacial score (nSPS) is 22.0. The van der Waals surface area contributed by atoms with Gasteiger partial charge >= 0.3 is 0 Å². The zero-order valence-corrected chi connectivity index (χ0v) is 19.7. The molecule has 2 aliphatic rings. The van der Waals surface area contributed by atoms with Crippen LogP contribution in [0.15, 0.2) is 28.8 Å². The Balaban J connectivity index is 1.46. The molecule has 7 nitrogen and oxygen atoms in total. The third kappa shape index (κ3) is 5.63. The lowest BCUT2D eigenvalue weighted by atomic mass is 9.87. The number of amides is 2. The zero-order chi connectivity index (χ0) is 24.2. The van der Waals surface area contributed by atoms with Crippen LogP contribution < -0.4 is 10.6 Å². The van der Waals surface area contributed by atoms with Crippen LogP contribution in [0.4, 0.5) is 8.78 Å². The minimum atomic E-state index is -0.802. The second kappa shape index (κ2) is 10.6. The summed E-state index contributed by atoms with van der Waals surface area (Å²) in [5.74, 6) is -2.43. The van der Waals surface area contributed by atoms with E-state index in [9.17, 15) is 18.4 Å². The van der Waals surface area contributed by atoms with Crippen molar-refractivity contribution in [2.45, 2.75) is 70.5 Å². The summed E-state index contributed by atoms with van der Waals surface area (Å²) in [4.78, 5) is 28.4. The largest absolute Gasteiger partial charge is 0.355 e. The molecule has 184 valence electrons. The van der Waals surface area contributed by atoms with Crippen LogP contribution in [-0.4, -0.2) is 53.1 Å². The minimum Gasteiger partial charge on any atom is -0.355 e. The van der Waals surface area contributed by atoms with Gasteiger partial charge in [-0.3, -0.25) is 14.5 Å². The van der Waals surface area contributed by atoms with Gasteiger partial charge in [-0.2, -0.15) is 0 Å². The van der Waals surface area contributed by atoms with E-state index in [1.165, 1.54) is 31.4 Å². The van der Waals surface area contributed by atoms with E-state index in [1.54, 1.807) is 0 Å². The molecule has 2 amide bonds. The van der Waals surface area contributed by atoms with Crippen molar-refractivity contribution < 1.29 is 22.9 Å². The van der Waals surface area contributed by atoms with Crippen molar-refractivity contribution in [2.24, 2.45) is 5.92 Å². The van der Waals surface area contributed by atoms with Crippen molar-refractivity contribution in [2.75, 3.05) is 13.1 Å². The van der Waals surface area contributed by atoms with Crippen molar-refractivity contribution >= 4 is 11.8 Å². The van der Waals surface area contributed by atoms with Gasteiger partial charge in [0.05, 0.1) is 11.5 Å². The Morgan fingerprint density at radius 2 is 1.88 bits per heavy atom. The standard InChI is InChI=1S/C25H32F2N4O3/c1-15(2)28-24(32)19-14-31(17-6-4-3-5-7-17)11-10-21(19)29-25(33)22-13-23(34-30-22)18-9-8-16(26)12-20(18)27/h8-9,12-13,15,17,19,21H,3-7,10-11,14H2,1-2H3,(H,28,32)(H,29,33). The van der Waals surface area contributed by atoms with E-state index in [0.29, 0.717) is 19.0 Å². The summed E-state index contributed by atoms with van der Waals surface area (Å²) in [7, 11) is 0. The average Bonchev–Trinajstić information content (AvgIpc) is 3.29. The number of hydrogen-bond acceptors (Lipinski definition) is 5. The third-order valence-corrected chi connectivity index (χ3v) is 6.76. The Morgan fingerprint density at radius 3 is 2.59 bits per heavy atom. The number of aromatic nitrogens is 1. The Labute approximate surface area is 198 Å². The fourth-order valence-corrected chi connectivity index (χ4v) is 5.03. The van der Waals surface area contributed by atoms with Gasteiger partial charge < -0.3 is 15.2 Å². The number of carbonyl (C=O) groups excluding carboxylic acids is 2. The van der Waals surface area contributed by atoms with E-state index >= 15 is 0 Å². The van der Waals surface area contributed by atoms with E-state index in [1.807, 2.05) is 13.8 Å². The molecule has 1 aromatic heterocycles. The molecule has 34 heavy (non-hydrogen) atoms. The van der Waals surface area contributed by atoms with Crippen molar-refractivity contribution in [1.29, 1.82) is 0 Å². The summed E-state index contributed by atoms with van der Waals surface area (Å²) in [5, 5.41) is 9.71. The minimum absolute atomic E-state index is 0.00221. The van der Waals surface area contributed by atoms with Gasteiger partial charge in [-0.1, -0.05) is 24.4 Å². The van der Waals surface area contributed by atoms with Gasteiger partial charge in [0.2, 0.25) is 5.91 Å². The maximum atomic E-state index is 14.1. The summed E-state index contributed by atoms with van der Waals surface area (Å²) in [6.45, 7) is 5.24. The highest BCUT2D eigenvalue weighted by atomic mass is 19.1. The number of rotatable bonds is 6. The van der Waals surface area contributed by atoms with E-state index in [0.717, 1.165) is 31.5 Å². The lowest BCUT2D eigenvalue weighted by molar-refractivity contribution is -0.128. The number of carbonyl (C=O) groups is 2. The third-order valence-electron chi connectivity index (χ3n) is 6.76.